The number of carbonyl (C=O) groups is 2. The number of methoxy groups -OCH3 is 1. The van der Waals surface area contributed by atoms with E-state index >= 15 is 0 Å². The third-order valence-electron chi connectivity index (χ3n) is 4.57. The number of hydrogen-bond donors (Lipinski definition) is 2. The molecule has 3 rings (SSSR count). The van der Waals surface area contributed by atoms with E-state index in [0.717, 1.165) is 5.56 Å². The first-order valence-corrected chi connectivity index (χ1v) is 10.7. The lowest BCUT2D eigenvalue weighted by Gasteiger charge is -2.14. The number of nitrogens with one attached hydrogen (secondary N) is 2. The lowest BCUT2D eigenvalue weighted by molar-refractivity contribution is -0.113. The Balaban J connectivity index is 1.57. The maximum Gasteiger partial charge on any atom is 0.251 e. The number of ether oxygens (including phenoxy) is 1. The number of carbonyl (C=O) groups excluding carboxylic acids is 2. The van der Waals surface area contributed by atoms with Crippen LogP contribution in [-0.2, 0) is 11.8 Å². The molecule has 8 nitrogen and oxygen atoms in total. The predicted octanol–water partition coefficient (Wildman–Crippen LogP) is 3.35. The van der Waals surface area contributed by atoms with Gasteiger partial charge in [0, 0.05) is 24.4 Å². The summed E-state index contributed by atoms with van der Waals surface area (Å²) >= 11 is 1.27. The molecule has 2 amide bonds. The molecule has 0 spiro atoms. The van der Waals surface area contributed by atoms with E-state index < -0.39 is 0 Å². The molecule has 0 aliphatic rings. The van der Waals surface area contributed by atoms with Gasteiger partial charge in [-0.15, -0.1) is 10.2 Å². The fraction of sp³-hybridized carbons (Fsp3) is 0.273. The first-order chi connectivity index (χ1) is 14.9. The summed E-state index contributed by atoms with van der Waals surface area (Å²) in [4.78, 5) is 24.8. The highest BCUT2D eigenvalue weighted by molar-refractivity contribution is 7.99. The molecule has 1 aromatic heterocycles. The van der Waals surface area contributed by atoms with E-state index in [0.29, 0.717) is 28.0 Å². The molecular weight excluding hydrogens is 414 g/mol. The van der Waals surface area contributed by atoms with Gasteiger partial charge < -0.3 is 19.9 Å². The molecule has 0 bridgehead atoms. The number of amides is 2. The van der Waals surface area contributed by atoms with Crippen LogP contribution in [0.1, 0.15) is 34.7 Å². The third kappa shape index (κ3) is 5.85. The van der Waals surface area contributed by atoms with Crippen LogP contribution in [0.25, 0.3) is 0 Å². The van der Waals surface area contributed by atoms with Crippen molar-refractivity contribution in [2.75, 3.05) is 18.2 Å². The Morgan fingerprint density at radius 1 is 1.16 bits per heavy atom. The van der Waals surface area contributed by atoms with Gasteiger partial charge in [0.05, 0.1) is 18.9 Å². The first-order valence-electron chi connectivity index (χ1n) is 9.71. The zero-order chi connectivity index (χ0) is 22.4. The number of benzene rings is 2. The molecule has 1 atom stereocenters. The van der Waals surface area contributed by atoms with Crippen LogP contribution in [0.15, 0.2) is 53.7 Å². The lowest BCUT2D eigenvalue weighted by atomic mass is 10.1. The van der Waals surface area contributed by atoms with Gasteiger partial charge in [0.25, 0.3) is 5.91 Å². The van der Waals surface area contributed by atoms with Gasteiger partial charge in [-0.1, -0.05) is 35.5 Å². The van der Waals surface area contributed by atoms with Gasteiger partial charge in [-0.05, 0) is 38.1 Å². The number of aromatic nitrogens is 3. The fourth-order valence-corrected chi connectivity index (χ4v) is 3.71. The second-order valence-corrected chi connectivity index (χ2v) is 7.98. The van der Waals surface area contributed by atoms with Gasteiger partial charge in [-0.2, -0.15) is 0 Å². The Morgan fingerprint density at radius 3 is 2.68 bits per heavy atom. The molecule has 0 aliphatic heterocycles. The first kappa shape index (κ1) is 22.4. The Hall–Kier alpha value is -3.33. The van der Waals surface area contributed by atoms with E-state index in [-0.39, 0.29) is 23.6 Å². The van der Waals surface area contributed by atoms with Crippen LogP contribution in [0, 0.1) is 6.92 Å². The Kier molecular flexibility index (Phi) is 7.30. The lowest BCUT2D eigenvalue weighted by Crippen LogP contribution is -2.28. The van der Waals surface area contributed by atoms with Crippen molar-refractivity contribution in [3.63, 3.8) is 0 Å². The molecule has 2 aromatic carbocycles. The molecule has 1 heterocycles. The van der Waals surface area contributed by atoms with Crippen LogP contribution < -0.4 is 15.4 Å². The molecule has 2 N–H and O–H groups in total. The van der Waals surface area contributed by atoms with E-state index in [1.165, 1.54) is 11.8 Å². The minimum absolute atomic E-state index is 0.163. The smallest absolute Gasteiger partial charge is 0.251 e. The van der Waals surface area contributed by atoms with E-state index in [4.69, 9.17) is 4.74 Å². The second kappa shape index (κ2) is 10.1. The zero-order valence-electron chi connectivity index (χ0n) is 17.9. The summed E-state index contributed by atoms with van der Waals surface area (Å²) in [5.74, 6) is 1.12. The minimum atomic E-state index is -0.342. The molecule has 0 unspecified atom stereocenters. The summed E-state index contributed by atoms with van der Waals surface area (Å²) in [7, 11) is 3.39. The molecular formula is C22H25N5O3S. The second-order valence-electron chi connectivity index (χ2n) is 7.03. The number of thioether (sulfide) groups is 1. The summed E-state index contributed by atoms with van der Waals surface area (Å²) in [5, 5.41) is 14.7. The molecule has 31 heavy (non-hydrogen) atoms. The number of aryl methyl sites for hydroxylation is 1. The topological polar surface area (TPSA) is 98.1 Å². The van der Waals surface area contributed by atoms with Crippen molar-refractivity contribution in [1.29, 1.82) is 0 Å². The Labute approximate surface area is 185 Å². The predicted molar refractivity (Wildman–Crippen MR) is 120 cm³/mol. The summed E-state index contributed by atoms with van der Waals surface area (Å²) in [6, 6.07) is 14.2. The van der Waals surface area contributed by atoms with Crippen LogP contribution in [0.3, 0.4) is 0 Å². The quantitative estimate of drug-likeness (QED) is 0.523. The maximum absolute atomic E-state index is 12.5. The molecule has 0 saturated heterocycles. The summed E-state index contributed by atoms with van der Waals surface area (Å²) in [6.07, 6.45) is 0. The molecule has 0 fully saturated rings. The zero-order valence-corrected chi connectivity index (χ0v) is 18.7. The third-order valence-corrected chi connectivity index (χ3v) is 5.59. The SMILES string of the molecule is COc1cccc(NC(=O)CSc2nnc([C@H](C)NC(=O)c3cccc(C)c3)n2C)c1. The van der Waals surface area contributed by atoms with Crippen molar-refractivity contribution in [2.24, 2.45) is 7.05 Å². The standard InChI is InChI=1S/C22H25N5O3S/c1-14-7-5-8-16(11-14)21(29)23-15(2)20-25-26-22(27(20)3)31-13-19(28)24-17-9-6-10-18(12-17)30-4/h5-12,15H,13H2,1-4H3,(H,23,29)(H,24,28)/t15-/m0/s1. The summed E-state index contributed by atoms with van der Waals surface area (Å²) < 4.78 is 6.94. The van der Waals surface area contributed by atoms with Gasteiger partial charge in [-0.25, -0.2) is 0 Å². The highest BCUT2D eigenvalue weighted by atomic mass is 32.2. The minimum Gasteiger partial charge on any atom is -0.497 e. The molecule has 0 saturated carbocycles. The molecule has 3 aromatic rings. The van der Waals surface area contributed by atoms with Crippen LogP contribution in [0.2, 0.25) is 0 Å². The van der Waals surface area contributed by atoms with Crippen molar-refractivity contribution >= 4 is 29.3 Å². The average Bonchev–Trinajstić information content (AvgIpc) is 3.12. The van der Waals surface area contributed by atoms with Gasteiger partial charge in [0.15, 0.2) is 11.0 Å². The van der Waals surface area contributed by atoms with Crippen molar-refractivity contribution in [1.82, 2.24) is 20.1 Å². The van der Waals surface area contributed by atoms with Gasteiger partial charge >= 0.3 is 0 Å². The van der Waals surface area contributed by atoms with Crippen LogP contribution in [-0.4, -0.2) is 39.4 Å². The number of hydrogen-bond acceptors (Lipinski definition) is 6. The van der Waals surface area contributed by atoms with E-state index in [1.807, 2.05) is 51.2 Å². The van der Waals surface area contributed by atoms with E-state index in [9.17, 15) is 9.59 Å². The Bertz CT molecular complexity index is 1080. The van der Waals surface area contributed by atoms with Gasteiger partial charge in [0.2, 0.25) is 5.91 Å². The van der Waals surface area contributed by atoms with Crippen molar-refractivity contribution in [3.8, 4) is 5.75 Å². The maximum atomic E-state index is 12.5. The highest BCUT2D eigenvalue weighted by Crippen LogP contribution is 2.21. The number of nitrogens with zero attached hydrogens (tertiary/aromatic N) is 3. The van der Waals surface area contributed by atoms with Crippen molar-refractivity contribution in [2.45, 2.75) is 25.0 Å². The van der Waals surface area contributed by atoms with Crippen LogP contribution in [0.4, 0.5) is 5.69 Å². The van der Waals surface area contributed by atoms with Gasteiger partial charge in [0.1, 0.15) is 5.75 Å². The highest BCUT2D eigenvalue weighted by Gasteiger charge is 2.19. The summed E-state index contributed by atoms with van der Waals surface area (Å²) in [5.41, 5.74) is 2.28. The molecule has 162 valence electrons. The van der Waals surface area contributed by atoms with E-state index in [2.05, 4.69) is 20.8 Å². The molecule has 9 heteroatoms. The van der Waals surface area contributed by atoms with Gasteiger partial charge in [-0.3, -0.25) is 9.59 Å². The molecule has 0 aliphatic carbocycles. The van der Waals surface area contributed by atoms with Crippen LogP contribution in [0.5, 0.6) is 5.75 Å². The summed E-state index contributed by atoms with van der Waals surface area (Å²) in [6.45, 7) is 3.79. The average molecular weight is 440 g/mol. The normalized spacial score (nSPS) is 11.6. The monoisotopic (exact) mass is 439 g/mol. The molecule has 0 radical (unpaired) electrons. The Morgan fingerprint density at radius 2 is 1.94 bits per heavy atom. The largest absolute Gasteiger partial charge is 0.497 e. The van der Waals surface area contributed by atoms with E-state index in [1.54, 1.807) is 29.9 Å². The van der Waals surface area contributed by atoms with Crippen LogP contribution >= 0.6 is 11.8 Å². The van der Waals surface area contributed by atoms with Crippen molar-refractivity contribution < 1.29 is 14.3 Å². The van der Waals surface area contributed by atoms with Crippen molar-refractivity contribution in [3.05, 3.63) is 65.5 Å². The fourth-order valence-electron chi connectivity index (χ4n) is 2.99. The number of anilines is 1. The number of rotatable bonds is 8.